The van der Waals surface area contributed by atoms with E-state index in [0.717, 1.165) is 24.0 Å². The first-order valence-electron chi connectivity index (χ1n) is 8.43. The first kappa shape index (κ1) is 18.9. The van der Waals surface area contributed by atoms with Gasteiger partial charge in [0.05, 0.1) is 6.54 Å². The van der Waals surface area contributed by atoms with E-state index in [2.05, 4.69) is 5.32 Å². The van der Waals surface area contributed by atoms with Gasteiger partial charge in [-0.05, 0) is 32.3 Å². The lowest BCUT2D eigenvalue weighted by molar-refractivity contribution is -0.122. The molecule has 1 aromatic carbocycles. The van der Waals surface area contributed by atoms with E-state index in [1.54, 1.807) is 0 Å². The van der Waals surface area contributed by atoms with Crippen molar-refractivity contribution in [1.29, 1.82) is 0 Å². The molecule has 0 saturated carbocycles. The molecule has 0 unspecified atom stereocenters. The highest BCUT2D eigenvalue weighted by atomic mass is 32.2. The minimum atomic E-state index is -3.60. The maximum Gasteiger partial charge on any atom is 0.282 e. The normalized spacial score (nSPS) is 19.8. The van der Waals surface area contributed by atoms with Gasteiger partial charge in [-0.25, -0.2) is 0 Å². The molecule has 6 nitrogen and oxygen atoms in total. The number of aryl methyl sites for hydroxylation is 1. The average molecular weight is 353 g/mol. The predicted molar refractivity (Wildman–Crippen MR) is 94.6 cm³/mol. The number of carbonyl (C=O) groups excluding carboxylic acids is 1. The molecule has 1 amide bonds. The number of rotatable bonds is 6. The molecular formula is C17H27N3O3S. The fraction of sp³-hybridized carbons (Fsp3) is 0.588. The van der Waals surface area contributed by atoms with Crippen molar-refractivity contribution in [3.63, 3.8) is 0 Å². The Morgan fingerprint density at radius 1 is 1.21 bits per heavy atom. The Bertz CT molecular complexity index is 658. The second-order valence-electron chi connectivity index (χ2n) is 6.39. The Kier molecular flexibility index (Phi) is 6.37. The van der Waals surface area contributed by atoms with Crippen LogP contribution in [0.3, 0.4) is 0 Å². The number of nitrogens with zero attached hydrogens (tertiary/aromatic N) is 2. The van der Waals surface area contributed by atoms with Crippen molar-refractivity contribution in [2.24, 2.45) is 0 Å². The molecule has 1 aromatic rings. The third-order valence-electron chi connectivity index (χ3n) is 4.29. The van der Waals surface area contributed by atoms with Crippen LogP contribution in [0.2, 0.25) is 0 Å². The van der Waals surface area contributed by atoms with E-state index in [0.29, 0.717) is 19.6 Å². The molecule has 134 valence electrons. The van der Waals surface area contributed by atoms with Gasteiger partial charge in [0, 0.05) is 25.7 Å². The van der Waals surface area contributed by atoms with E-state index in [1.807, 2.05) is 45.0 Å². The van der Waals surface area contributed by atoms with Gasteiger partial charge in [0.2, 0.25) is 5.91 Å². The van der Waals surface area contributed by atoms with Gasteiger partial charge in [-0.15, -0.1) is 0 Å². The second kappa shape index (κ2) is 8.09. The molecule has 0 aromatic heterocycles. The van der Waals surface area contributed by atoms with Crippen molar-refractivity contribution in [1.82, 2.24) is 13.9 Å². The Balaban J connectivity index is 2.04. The molecule has 7 heteroatoms. The highest BCUT2D eigenvalue weighted by molar-refractivity contribution is 7.86. The molecule has 1 aliphatic rings. The Hall–Kier alpha value is -1.44. The predicted octanol–water partition coefficient (Wildman–Crippen LogP) is 1.66. The molecular weight excluding hydrogens is 326 g/mol. The zero-order chi connectivity index (χ0) is 17.7. The van der Waals surface area contributed by atoms with Crippen LogP contribution >= 0.6 is 0 Å². The molecule has 1 fully saturated rings. The first-order valence-corrected chi connectivity index (χ1v) is 9.82. The number of benzene rings is 1. The topological polar surface area (TPSA) is 69.7 Å². The molecule has 0 spiro atoms. The number of carbonyl (C=O) groups is 1. The highest BCUT2D eigenvalue weighted by Gasteiger charge is 2.34. The lowest BCUT2D eigenvalue weighted by Crippen LogP contribution is -2.52. The monoisotopic (exact) mass is 353 g/mol. The van der Waals surface area contributed by atoms with Gasteiger partial charge in [0.15, 0.2) is 0 Å². The van der Waals surface area contributed by atoms with Crippen LogP contribution in [0.25, 0.3) is 0 Å². The molecule has 1 saturated heterocycles. The maximum absolute atomic E-state index is 12.7. The summed E-state index contributed by atoms with van der Waals surface area (Å²) in [5.74, 6) is -0.245. The van der Waals surface area contributed by atoms with Crippen molar-refractivity contribution in [3.8, 4) is 0 Å². The van der Waals surface area contributed by atoms with Crippen molar-refractivity contribution < 1.29 is 13.2 Å². The standard InChI is InChI=1S/C17H27N3O3S/c1-4-15(3)18-17(21)13-20-11-5-10-19(24(20,22)23)12-16-8-6-14(2)7-9-16/h6-9,15H,4-5,10-13H2,1-3H3,(H,18,21)/t15-/m0/s1. The number of amides is 1. The Morgan fingerprint density at radius 3 is 2.46 bits per heavy atom. The summed E-state index contributed by atoms with van der Waals surface area (Å²) in [7, 11) is -3.60. The van der Waals surface area contributed by atoms with Gasteiger partial charge < -0.3 is 5.32 Å². The molecule has 0 radical (unpaired) electrons. The number of hydrogen-bond donors (Lipinski definition) is 1. The van der Waals surface area contributed by atoms with Crippen molar-refractivity contribution >= 4 is 16.1 Å². The molecule has 0 aliphatic carbocycles. The smallest absolute Gasteiger partial charge is 0.282 e. The zero-order valence-corrected chi connectivity index (χ0v) is 15.5. The van der Waals surface area contributed by atoms with E-state index < -0.39 is 10.2 Å². The van der Waals surface area contributed by atoms with E-state index in [9.17, 15) is 13.2 Å². The van der Waals surface area contributed by atoms with Crippen LogP contribution in [0, 0.1) is 6.92 Å². The SMILES string of the molecule is CC[C@H](C)NC(=O)CN1CCCN(Cc2ccc(C)cc2)S1(=O)=O. The lowest BCUT2D eigenvalue weighted by Gasteiger charge is -2.34. The van der Waals surface area contributed by atoms with Crippen molar-refractivity contribution in [3.05, 3.63) is 35.4 Å². The van der Waals surface area contributed by atoms with Crippen LogP contribution in [0.1, 0.15) is 37.8 Å². The van der Waals surface area contributed by atoms with Crippen LogP contribution in [-0.4, -0.2) is 48.6 Å². The van der Waals surface area contributed by atoms with Gasteiger partial charge in [-0.2, -0.15) is 17.0 Å². The van der Waals surface area contributed by atoms with Gasteiger partial charge in [0.1, 0.15) is 0 Å². The summed E-state index contributed by atoms with van der Waals surface area (Å²) in [5, 5.41) is 2.82. The zero-order valence-electron chi connectivity index (χ0n) is 14.7. The molecule has 2 rings (SSSR count). The summed E-state index contributed by atoms with van der Waals surface area (Å²) in [6.07, 6.45) is 1.54. The highest BCUT2D eigenvalue weighted by Crippen LogP contribution is 2.19. The average Bonchev–Trinajstić information content (AvgIpc) is 2.53. The van der Waals surface area contributed by atoms with Crippen LogP contribution in [-0.2, 0) is 21.5 Å². The van der Waals surface area contributed by atoms with E-state index in [-0.39, 0.29) is 18.5 Å². The molecule has 24 heavy (non-hydrogen) atoms. The van der Waals surface area contributed by atoms with Crippen LogP contribution in [0.5, 0.6) is 0 Å². The Morgan fingerprint density at radius 2 is 1.83 bits per heavy atom. The van der Waals surface area contributed by atoms with Crippen LogP contribution in [0.15, 0.2) is 24.3 Å². The van der Waals surface area contributed by atoms with Gasteiger partial charge >= 0.3 is 0 Å². The fourth-order valence-electron chi connectivity index (χ4n) is 2.62. The molecule has 1 aliphatic heterocycles. The maximum atomic E-state index is 12.7. The molecule has 1 atom stereocenters. The largest absolute Gasteiger partial charge is 0.353 e. The number of hydrogen-bond acceptors (Lipinski definition) is 3. The third kappa shape index (κ3) is 4.78. The summed E-state index contributed by atoms with van der Waals surface area (Å²) in [5.41, 5.74) is 2.10. The first-order chi connectivity index (χ1) is 11.3. The fourth-order valence-corrected chi connectivity index (χ4v) is 4.26. The summed E-state index contributed by atoms with van der Waals surface area (Å²) >= 11 is 0. The summed E-state index contributed by atoms with van der Waals surface area (Å²) in [4.78, 5) is 12.0. The van der Waals surface area contributed by atoms with Crippen LogP contribution in [0.4, 0.5) is 0 Å². The molecule has 0 bridgehead atoms. The second-order valence-corrected chi connectivity index (χ2v) is 8.32. The van der Waals surface area contributed by atoms with Gasteiger partial charge in [-0.3, -0.25) is 4.79 Å². The summed E-state index contributed by atoms with van der Waals surface area (Å²) < 4.78 is 28.2. The molecule has 1 heterocycles. The number of nitrogens with one attached hydrogen (secondary N) is 1. The van der Waals surface area contributed by atoms with Crippen molar-refractivity contribution in [2.45, 2.75) is 46.2 Å². The van der Waals surface area contributed by atoms with Gasteiger partial charge in [-0.1, -0.05) is 36.8 Å². The lowest BCUT2D eigenvalue weighted by atomic mass is 10.1. The minimum Gasteiger partial charge on any atom is -0.353 e. The summed E-state index contributed by atoms with van der Waals surface area (Å²) in [6, 6.07) is 7.89. The van der Waals surface area contributed by atoms with E-state index in [4.69, 9.17) is 0 Å². The van der Waals surface area contributed by atoms with Gasteiger partial charge in [0.25, 0.3) is 10.2 Å². The van der Waals surface area contributed by atoms with Crippen molar-refractivity contribution in [2.75, 3.05) is 19.6 Å². The van der Waals surface area contributed by atoms with E-state index in [1.165, 1.54) is 8.61 Å². The van der Waals surface area contributed by atoms with Crippen LogP contribution < -0.4 is 5.32 Å². The minimum absolute atomic E-state index is 0.0497. The molecule has 1 N–H and O–H groups in total. The summed E-state index contributed by atoms with van der Waals surface area (Å²) in [6.45, 7) is 6.99. The third-order valence-corrected chi connectivity index (χ3v) is 6.22. The van der Waals surface area contributed by atoms with E-state index >= 15 is 0 Å². The quantitative estimate of drug-likeness (QED) is 0.846. The Labute approximate surface area is 145 Å².